The van der Waals surface area contributed by atoms with Gasteiger partial charge in [-0.15, -0.1) is 0 Å². The van der Waals surface area contributed by atoms with Crippen LogP contribution in [0.3, 0.4) is 0 Å². The van der Waals surface area contributed by atoms with Crippen molar-refractivity contribution >= 4 is 7.37 Å². The van der Waals surface area contributed by atoms with Gasteiger partial charge in [-0.2, -0.15) is 0 Å². The normalized spacial score (nSPS) is 11.2. The van der Waals surface area contributed by atoms with Gasteiger partial charge in [0.1, 0.15) is 5.75 Å². The molecule has 1 aromatic carbocycles. The molecule has 0 amide bonds. The molecule has 1 aromatic rings. The van der Waals surface area contributed by atoms with Crippen LogP contribution in [0.15, 0.2) is 24.3 Å². The molecule has 0 aliphatic rings. The summed E-state index contributed by atoms with van der Waals surface area (Å²) in [6.45, 7) is 5.16. The second-order valence-corrected chi connectivity index (χ2v) is 5.80. The highest BCUT2D eigenvalue weighted by Gasteiger charge is 2.09. The Kier molecular flexibility index (Phi) is 2.58. The molecule has 0 spiro atoms. The number of benzene rings is 1. The molecule has 3 heteroatoms. The van der Waals surface area contributed by atoms with Crippen LogP contribution in [0.1, 0.15) is 5.56 Å². The van der Waals surface area contributed by atoms with Gasteiger partial charge < -0.3 is 4.52 Å². The van der Waals surface area contributed by atoms with Gasteiger partial charge in [-0.3, -0.25) is 4.57 Å². The number of hydrogen-bond donors (Lipinski definition) is 0. The summed E-state index contributed by atoms with van der Waals surface area (Å²) in [5.74, 6) is 0.714. The Balaban J connectivity index is 2.90. The van der Waals surface area contributed by atoms with E-state index < -0.39 is 7.37 Å². The minimum absolute atomic E-state index is 0.714. The second-order valence-electron chi connectivity index (χ2n) is 3.11. The SMILES string of the molecule is Cc1ccccc1OP(C)(C)=O. The molecular weight excluding hydrogens is 171 g/mol. The van der Waals surface area contributed by atoms with Crippen LogP contribution >= 0.6 is 7.37 Å². The average Bonchev–Trinajstić information content (AvgIpc) is 1.91. The zero-order chi connectivity index (χ0) is 9.19. The Morgan fingerprint density at radius 1 is 1.25 bits per heavy atom. The summed E-state index contributed by atoms with van der Waals surface area (Å²) >= 11 is 0. The van der Waals surface area contributed by atoms with Crippen molar-refractivity contribution in [1.82, 2.24) is 0 Å². The highest BCUT2D eigenvalue weighted by molar-refractivity contribution is 7.57. The lowest BCUT2D eigenvalue weighted by molar-refractivity contribution is 0.492. The molecule has 1 rings (SSSR count). The standard InChI is InChI=1S/C9H13O2P/c1-8-6-4-5-7-9(8)11-12(2,3)10/h4-7H,1-3H3. The summed E-state index contributed by atoms with van der Waals surface area (Å²) in [4.78, 5) is 0. The molecular formula is C9H13O2P. The number of hydrogen-bond acceptors (Lipinski definition) is 2. The lowest BCUT2D eigenvalue weighted by atomic mass is 10.2. The van der Waals surface area contributed by atoms with Crippen LogP contribution in [-0.2, 0) is 4.57 Å². The van der Waals surface area contributed by atoms with Crippen LogP contribution in [0.4, 0.5) is 0 Å². The van der Waals surface area contributed by atoms with Gasteiger partial charge in [-0.25, -0.2) is 0 Å². The molecule has 2 nitrogen and oxygen atoms in total. The molecule has 0 aliphatic heterocycles. The first-order chi connectivity index (χ1) is 5.49. The van der Waals surface area contributed by atoms with Gasteiger partial charge >= 0.3 is 0 Å². The van der Waals surface area contributed by atoms with E-state index in [4.69, 9.17) is 4.52 Å². The van der Waals surface area contributed by atoms with Crippen LogP contribution in [0.25, 0.3) is 0 Å². The van der Waals surface area contributed by atoms with Crippen molar-refractivity contribution in [2.45, 2.75) is 6.92 Å². The van der Waals surface area contributed by atoms with E-state index in [1.807, 2.05) is 31.2 Å². The Morgan fingerprint density at radius 2 is 1.83 bits per heavy atom. The van der Waals surface area contributed by atoms with Gasteiger partial charge in [0.15, 0.2) is 0 Å². The second kappa shape index (κ2) is 3.32. The highest BCUT2D eigenvalue weighted by atomic mass is 31.2. The van der Waals surface area contributed by atoms with E-state index in [0.29, 0.717) is 5.75 Å². The fourth-order valence-electron chi connectivity index (χ4n) is 0.896. The maximum Gasteiger partial charge on any atom is 0.242 e. The van der Waals surface area contributed by atoms with Crippen molar-refractivity contribution < 1.29 is 9.09 Å². The predicted molar refractivity (Wildman–Crippen MR) is 51.3 cm³/mol. The molecule has 0 aromatic heterocycles. The van der Waals surface area contributed by atoms with E-state index >= 15 is 0 Å². The fourth-order valence-corrected chi connectivity index (χ4v) is 1.57. The Morgan fingerprint density at radius 3 is 2.33 bits per heavy atom. The van der Waals surface area contributed by atoms with Crippen LogP contribution in [0, 0.1) is 6.92 Å². The fraction of sp³-hybridized carbons (Fsp3) is 0.333. The third-order valence-corrected chi connectivity index (χ3v) is 2.05. The zero-order valence-corrected chi connectivity index (χ0v) is 8.47. The molecule has 0 bridgehead atoms. The summed E-state index contributed by atoms with van der Waals surface area (Å²) < 4.78 is 16.6. The van der Waals surface area contributed by atoms with E-state index in [2.05, 4.69) is 0 Å². The van der Waals surface area contributed by atoms with Gasteiger partial charge in [0.05, 0.1) is 0 Å². The van der Waals surface area contributed by atoms with Gasteiger partial charge in [-0.1, -0.05) is 18.2 Å². The lowest BCUT2D eigenvalue weighted by Gasteiger charge is -2.11. The molecule has 0 saturated carbocycles. The van der Waals surface area contributed by atoms with Crippen molar-refractivity contribution in [3.63, 3.8) is 0 Å². The van der Waals surface area contributed by atoms with E-state index in [9.17, 15) is 4.57 Å². The third-order valence-electron chi connectivity index (χ3n) is 1.41. The number of rotatable bonds is 2. The highest BCUT2D eigenvalue weighted by Crippen LogP contribution is 2.39. The van der Waals surface area contributed by atoms with Gasteiger partial charge in [-0.05, 0) is 18.6 Å². The van der Waals surface area contributed by atoms with Crippen molar-refractivity contribution in [2.24, 2.45) is 0 Å². The topological polar surface area (TPSA) is 26.3 Å². The summed E-state index contributed by atoms with van der Waals surface area (Å²) in [7, 11) is -2.41. The predicted octanol–water partition coefficient (Wildman–Crippen LogP) is 2.91. The quantitative estimate of drug-likeness (QED) is 0.660. The molecule has 0 unspecified atom stereocenters. The molecule has 0 atom stereocenters. The van der Waals surface area contributed by atoms with E-state index in [0.717, 1.165) is 5.56 Å². The first-order valence-corrected chi connectivity index (χ1v) is 6.31. The molecule has 0 radical (unpaired) electrons. The maximum absolute atomic E-state index is 11.3. The molecule has 66 valence electrons. The largest absolute Gasteiger partial charge is 0.443 e. The van der Waals surface area contributed by atoms with Crippen LogP contribution in [-0.4, -0.2) is 13.3 Å². The van der Waals surface area contributed by atoms with E-state index in [1.165, 1.54) is 0 Å². The summed E-state index contributed by atoms with van der Waals surface area (Å²) in [6, 6.07) is 7.57. The molecule has 0 N–H and O–H groups in total. The molecule has 0 heterocycles. The smallest absolute Gasteiger partial charge is 0.242 e. The van der Waals surface area contributed by atoms with Gasteiger partial charge in [0.2, 0.25) is 7.37 Å². The first kappa shape index (κ1) is 9.34. The minimum Gasteiger partial charge on any atom is -0.443 e. The molecule has 0 aliphatic carbocycles. The van der Waals surface area contributed by atoms with Gasteiger partial charge in [0.25, 0.3) is 0 Å². The van der Waals surface area contributed by atoms with Crippen molar-refractivity contribution in [3.8, 4) is 5.75 Å². The monoisotopic (exact) mass is 184 g/mol. The molecule has 0 fully saturated rings. The van der Waals surface area contributed by atoms with Gasteiger partial charge in [0, 0.05) is 13.3 Å². The zero-order valence-electron chi connectivity index (χ0n) is 7.57. The van der Waals surface area contributed by atoms with Crippen molar-refractivity contribution in [3.05, 3.63) is 29.8 Å². The summed E-state index contributed by atoms with van der Waals surface area (Å²) in [5, 5.41) is 0. The summed E-state index contributed by atoms with van der Waals surface area (Å²) in [6.07, 6.45) is 0. The Labute approximate surface area is 73.0 Å². The average molecular weight is 184 g/mol. The van der Waals surface area contributed by atoms with E-state index in [1.54, 1.807) is 13.3 Å². The lowest BCUT2D eigenvalue weighted by Crippen LogP contribution is -1.90. The van der Waals surface area contributed by atoms with Crippen molar-refractivity contribution in [1.29, 1.82) is 0 Å². The Hall–Kier alpha value is -0.750. The first-order valence-electron chi connectivity index (χ1n) is 3.79. The molecule has 12 heavy (non-hydrogen) atoms. The molecule has 0 saturated heterocycles. The summed E-state index contributed by atoms with van der Waals surface area (Å²) in [5.41, 5.74) is 1.02. The maximum atomic E-state index is 11.3. The number of aryl methyl sites for hydroxylation is 1. The van der Waals surface area contributed by atoms with Crippen molar-refractivity contribution in [2.75, 3.05) is 13.3 Å². The van der Waals surface area contributed by atoms with E-state index in [-0.39, 0.29) is 0 Å². The minimum atomic E-state index is -2.41. The number of para-hydroxylation sites is 1. The third kappa shape index (κ3) is 2.71. The van der Waals surface area contributed by atoms with Crippen LogP contribution < -0.4 is 4.52 Å². The van der Waals surface area contributed by atoms with Crippen LogP contribution in [0.5, 0.6) is 5.75 Å². The van der Waals surface area contributed by atoms with Crippen LogP contribution in [0.2, 0.25) is 0 Å². The Bertz CT molecular complexity index is 314.